The molecule has 0 aliphatic heterocycles. The third-order valence-electron chi connectivity index (χ3n) is 3.95. The Morgan fingerprint density at radius 2 is 1.76 bits per heavy atom. The van der Waals surface area contributed by atoms with Gasteiger partial charge in [0.05, 0.1) is 23.9 Å². The van der Waals surface area contributed by atoms with Crippen LogP contribution in [0.1, 0.15) is 29.9 Å². The van der Waals surface area contributed by atoms with Gasteiger partial charge in [-0.1, -0.05) is 6.07 Å². The number of amides is 1. The topological polar surface area (TPSA) is 85.5 Å². The zero-order valence-corrected chi connectivity index (χ0v) is 17.8. The van der Waals surface area contributed by atoms with Crippen molar-refractivity contribution in [1.29, 1.82) is 0 Å². The van der Waals surface area contributed by atoms with E-state index in [1.54, 1.807) is 24.3 Å². The molecule has 3 aromatic rings. The van der Waals surface area contributed by atoms with E-state index in [1.807, 2.05) is 32.0 Å². The molecule has 1 aromatic heterocycles. The van der Waals surface area contributed by atoms with Gasteiger partial charge in [0.25, 0.3) is 5.91 Å². The maximum Gasteiger partial charge on any atom is 0.274 e. The number of aromatic amines is 1. The van der Waals surface area contributed by atoms with Gasteiger partial charge in [-0.15, -0.1) is 0 Å². The molecule has 0 spiro atoms. The number of hydrogen-bond donors (Lipinski definition) is 2. The summed E-state index contributed by atoms with van der Waals surface area (Å²) in [6.07, 6.45) is 1.53. The van der Waals surface area contributed by atoms with Crippen LogP contribution in [0.25, 0.3) is 0 Å². The van der Waals surface area contributed by atoms with E-state index in [-0.39, 0.29) is 5.91 Å². The van der Waals surface area contributed by atoms with E-state index in [9.17, 15) is 4.79 Å². The van der Waals surface area contributed by atoms with E-state index >= 15 is 0 Å². The molecule has 0 unspecified atom stereocenters. The highest BCUT2D eigenvalue weighted by atomic mass is 79.9. The summed E-state index contributed by atoms with van der Waals surface area (Å²) in [4.78, 5) is 12.2. The summed E-state index contributed by atoms with van der Waals surface area (Å²) in [6.45, 7) is 5.40. The Labute approximate surface area is 177 Å². The van der Waals surface area contributed by atoms with Gasteiger partial charge in [-0.25, -0.2) is 0 Å². The second kappa shape index (κ2) is 9.97. The van der Waals surface area contributed by atoms with Crippen LogP contribution in [0.2, 0.25) is 0 Å². The largest absolute Gasteiger partial charge is 0.490 e. The van der Waals surface area contributed by atoms with Gasteiger partial charge in [-0.3, -0.25) is 9.89 Å². The monoisotopic (exact) mass is 459 g/mol. The summed E-state index contributed by atoms with van der Waals surface area (Å²) in [7, 11) is 0. The van der Waals surface area contributed by atoms with Crippen LogP contribution < -0.4 is 19.5 Å². The molecule has 0 aliphatic carbocycles. The molecule has 3 rings (SSSR count). The van der Waals surface area contributed by atoms with Gasteiger partial charge in [0.15, 0.2) is 11.5 Å². The molecule has 2 N–H and O–H groups in total. The molecule has 0 saturated heterocycles. The Bertz CT molecular complexity index is 957. The van der Waals surface area contributed by atoms with Gasteiger partial charge in [0, 0.05) is 5.69 Å². The minimum Gasteiger partial charge on any atom is -0.490 e. The summed E-state index contributed by atoms with van der Waals surface area (Å²) in [6, 6.07) is 12.9. The van der Waals surface area contributed by atoms with Gasteiger partial charge in [-0.2, -0.15) is 5.10 Å². The Morgan fingerprint density at radius 3 is 2.41 bits per heavy atom. The zero-order valence-electron chi connectivity index (χ0n) is 16.2. The summed E-state index contributed by atoms with van der Waals surface area (Å²) in [5, 5.41) is 9.26. The molecule has 0 radical (unpaired) electrons. The number of nitrogens with one attached hydrogen (secondary N) is 2. The average Bonchev–Trinajstić information content (AvgIpc) is 3.15. The number of halogens is 1. The Morgan fingerprint density at radius 1 is 1.03 bits per heavy atom. The number of ether oxygens (including phenoxy) is 3. The number of H-pyrrole nitrogens is 1. The first-order chi connectivity index (χ1) is 14.1. The number of anilines is 1. The molecule has 1 amide bonds. The maximum absolute atomic E-state index is 12.2. The van der Waals surface area contributed by atoms with E-state index in [0.717, 1.165) is 11.3 Å². The van der Waals surface area contributed by atoms with Crippen LogP contribution in [0.4, 0.5) is 5.69 Å². The lowest BCUT2D eigenvalue weighted by molar-refractivity contribution is 0.102. The van der Waals surface area contributed by atoms with Crippen LogP contribution in [0.15, 0.2) is 53.1 Å². The fourth-order valence-electron chi connectivity index (χ4n) is 2.61. The third kappa shape index (κ3) is 5.51. The SMILES string of the molecule is CCOc1ccc(COc2ccc(NC(=O)c3[nH]ncc3Br)cc2)cc1OCC. The number of nitrogens with zero attached hydrogens (tertiary/aromatic N) is 1. The van der Waals surface area contributed by atoms with E-state index in [2.05, 4.69) is 31.4 Å². The van der Waals surface area contributed by atoms with Crippen molar-refractivity contribution < 1.29 is 19.0 Å². The van der Waals surface area contributed by atoms with Gasteiger partial charge >= 0.3 is 0 Å². The average molecular weight is 460 g/mol. The summed E-state index contributed by atoms with van der Waals surface area (Å²) in [5.74, 6) is 1.85. The highest BCUT2D eigenvalue weighted by Gasteiger charge is 2.12. The van der Waals surface area contributed by atoms with Gasteiger partial charge < -0.3 is 19.5 Å². The highest BCUT2D eigenvalue weighted by molar-refractivity contribution is 9.10. The molecule has 0 fully saturated rings. The van der Waals surface area contributed by atoms with Crippen LogP contribution in [0.3, 0.4) is 0 Å². The predicted molar refractivity (Wildman–Crippen MR) is 114 cm³/mol. The van der Waals surface area contributed by atoms with Crippen molar-refractivity contribution in [3.05, 3.63) is 64.4 Å². The van der Waals surface area contributed by atoms with Crippen LogP contribution >= 0.6 is 15.9 Å². The number of hydrogen-bond acceptors (Lipinski definition) is 5. The minimum absolute atomic E-state index is 0.277. The van der Waals surface area contributed by atoms with Crippen LogP contribution in [-0.4, -0.2) is 29.3 Å². The molecule has 0 saturated carbocycles. The van der Waals surface area contributed by atoms with E-state index in [4.69, 9.17) is 14.2 Å². The highest BCUT2D eigenvalue weighted by Crippen LogP contribution is 2.29. The van der Waals surface area contributed by atoms with Crippen molar-refractivity contribution in [2.75, 3.05) is 18.5 Å². The maximum atomic E-state index is 12.2. The fraction of sp³-hybridized carbons (Fsp3) is 0.238. The Kier molecular flexibility index (Phi) is 7.13. The number of benzene rings is 2. The normalized spacial score (nSPS) is 10.4. The molecule has 0 bridgehead atoms. The van der Waals surface area contributed by atoms with Crippen LogP contribution in [0.5, 0.6) is 17.2 Å². The molecule has 1 heterocycles. The molecular formula is C21H22BrN3O4. The van der Waals surface area contributed by atoms with Crippen molar-refractivity contribution in [1.82, 2.24) is 10.2 Å². The number of carbonyl (C=O) groups excluding carboxylic acids is 1. The molecule has 0 atom stereocenters. The van der Waals surface area contributed by atoms with Crippen molar-refractivity contribution in [3.8, 4) is 17.2 Å². The lowest BCUT2D eigenvalue weighted by atomic mass is 10.2. The molecule has 152 valence electrons. The van der Waals surface area contributed by atoms with Crippen molar-refractivity contribution in [2.24, 2.45) is 0 Å². The number of rotatable bonds is 9. The number of aromatic nitrogens is 2. The first-order valence-corrected chi connectivity index (χ1v) is 10.0. The predicted octanol–water partition coefficient (Wildman–Crippen LogP) is 4.80. The smallest absolute Gasteiger partial charge is 0.274 e. The van der Waals surface area contributed by atoms with Gasteiger partial charge in [0.1, 0.15) is 18.1 Å². The second-order valence-electron chi connectivity index (χ2n) is 6.01. The quantitative estimate of drug-likeness (QED) is 0.479. The van der Waals surface area contributed by atoms with Gasteiger partial charge in [0.2, 0.25) is 0 Å². The Balaban J connectivity index is 1.59. The van der Waals surface area contributed by atoms with E-state index < -0.39 is 0 Å². The molecule has 2 aromatic carbocycles. The van der Waals surface area contributed by atoms with E-state index in [0.29, 0.717) is 47.2 Å². The molecule has 0 aliphatic rings. The second-order valence-corrected chi connectivity index (χ2v) is 6.86. The third-order valence-corrected chi connectivity index (χ3v) is 4.55. The van der Waals surface area contributed by atoms with Crippen LogP contribution in [0, 0.1) is 0 Å². The van der Waals surface area contributed by atoms with Crippen molar-refractivity contribution >= 4 is 27.5 Å². The standard InChI is InChI=1S/C21H22BrN3O4/c1-3-27-18-10-5-14(11-19(18)28-4-2)13-29-16-8-6-15(7-9-16)24-21(26)20-17(22)12-23-25-20/h5-12H,3-4,13H2,1-2H3,(H,23,25)(H,24,26). The van der Waals surface area contributed by atoms with Gasteiger partial charge in [-0.05, 0) is 71.7 Å². The van der Waals surface area contributed by atoms with Crippen molar-refractivity contribution in [3.63, 3.8) is 0 Å². The van der Waals surface area contributed by atoms with Crippen LogP contribution in [-0.2, 0) is 6.61 Å². The molecule has 29 heavy (non-hydrogen) atoms. The zero-order chi connectivity index (χ0) is 20.6. The summed E-state index contributed by atoms with van der Waals surface area (Å²) < 4.78 is 17.7. The number of carbonyl (C=O) groups is 1. The van der Waals surface area contributed by atoms with E-state index in [1.165, 1.54) is 6.20 Å². The minimum atomic E-state index is -0.277. The molecule has 7 nitrogen and oxygen atoms in total. The fourth-order valence-corrected chi connectivity index (χ4v) is 2.98. The first-order valence-electron chi connectivity index (χ1n) is 9.22. The van der Waals surface area contributed by atoms with Crippen molar-refractivity contribution in [2.45, 2.75) is 20.5 Å². The Hall–Kier alpha value is -3.00. The summed E-state index contributed by atoms with van der Waals surface area (Å²) in [5.41, 5.74) is 1.99. The summed E-state index contributed by atoms with van der Waals surface area (Å²) >= 11 is 3.27. The molecular weight excluding hydrogens is 438 g/mol. The lowest BCUT2D eigenvalue weighted by Crippen LogP contribution is -2.12. The lowest BCUT2D eigenvalue weighted by Gasteiger charge is -2.13. The molecule has 8 heteroatoms. The first kappa shape index (κ1) is 20.7.